The van der Waals surface area contributed by atoms with Gasteiger partial charge in [-0.2, -0.15) is 0 Å². The minimum atomic E-state index is -1.00. The summed E-state index contributed by atoms with van der Waals surface area (Å²) in [6.07, 6.45) is 5.15. The van der Waals surface area contributed by atoms with Gasteiger partial charge in [-0.05, 0) is 41.3 Å². The molecule has 0 saturated heterocycles. The Morgan fingerprint density at radius 1 is 1.19 bits per heavy atom. The van der Waals surface area contributed by atoms with E-state index in [-0.39, 0.29) is 5.75 Å². The third kappa shape index (κ3) is 3.83. The summed E-state index contributed by atoms with van der Waals surface area (Å²) in [6.45, 7) is 3.72. The van der Waals surface area contributed by atoms with Gasteiger partial charge >= 0.3 is 5.97 Å². The van der Waals surface area contributed by atoms with Crippen LogP contribution < -0.4 is 0 Å². The molecule has 3 nitrogen and oxygen atoms in total. The molecule has 0 fully saturated rings. The van der Waals surface area contributed by atoms with Crippen LogP contribution >= 0.6 is 0 Å². The average molecular weight is 280 g/mol. The number of rotatable bonds is 5. The van der Waals surface area contributed by atoms with Gasteiger partial charge in [0.15, 0.2) is 0 Å². The van der Waals surface area contributed by atoms with Gasteiger partial charge in [0.1, 0.15) is 5.75 Å². The molecule has 3 heteroatoms. The summed E-state index contributed by atoms with van der Waals surface area (Å²) in [6, 6.07) is 12.8. The van der Waals surface area contributed by atoms with Crippen molar-refractivity contribution in [1.29, 1.82) is 0 Å². The fraction of sp³-hybridized carbons (Fsp3) is 0.0556. The number of aliphatic carboxylic acids is 1. The minimum Gasteiger partial charge on any atom is -0.507 e. The molecule has 0 aliphatic rings. The maximum Gasteiger partial charge on any atom is 0.328 e. The van der Waals surface area contributed by atoms with Gasteiger partial charge in [0, 0.05) is 11.6 Å². The van der Waals surface area contributed by atoms with Gasteiger partial charge in [0.25, 0.3) is 0 Å². The Balaban J connectivity index is 2.42. The Morgan fingerprint density at radius 2 is 2.00 bits per heavy atom. The molecule has 0 aliphatic heterocycles. The first-order chi connectivity index (χ1) is 10.1. The molecule has 0 aliphatic carbocycles. The number of carboxylic acid groups (broad SMARTS) is 1. The van der Waals surface area contributed by atoms with E-state index in [1.54, 1.807) is 18.2 Å². The Morgan fingerprint density at radius 3 is 2.71 bits per heavy atom. The van der Waals surface area contributed by atoms with Gasteiger partial charge in [0.2, 0.25) is 0 Å². The molecule has 106 valence electrons. The van der Waals surface area contributed by atoms with Crippen molar-refractivity contribution < 1.29 is 15.0 Å². The monoisotopic (exact) mass is 280 g/mol. The molecule has 0 unspecified atom stereocenters. The zero-order valence-corrected chi connectivity index (χ0v) is 11.5. The number of aromatic hydroxyl groups is 1. The zero-order valence-electron chi connectivity index (χ0n) is 11.5. The van der Waals surface area contributed by atoms with E-state index in [1.807, 2.05) is 30.3 Å². The predicted octanol–water partition coefficient (Wildman–Crippen LogP) is 3.89. The van der Waals surface area contributed by atoms with Gasteiger partial charge in [-0.1, -0.05) is 36.4 Å². The molecule has 0 saturated carbocycles. The number of phenolic OH excluding ortho intramolecular Hbond substituents is 1. The topological polar surface area (TPSA) is 57.5 Å². The molecule has 0 atom stereocenters. The van der Waals surface area contributed by atoms with E-state index in [9.17, 15) is 9.90 Å². The molecular weight excluding hydrogens is 264 g/mol. The lowest BCUT2D eigenvalue weighted by Gasteiger charge is -2.08. The average Bonchev–Trinajstić information content (AvgIpc) is 2.47. The van der Waals surface area contributed by atoms with Crippen LogP contribution in [0.25, 0.3) is 17.2 Å². The molecule has 0 radical (unpaired) electrons. The van der Waals surface area contributed by atoms with Crippen LogP contribution in [-0.4, -0.2) is 16.2 Å². The first-order valence-electron chi connectivity index (χ1n) is 6.54. The largest absolute Gasteiger partial charge is 0.507 e. The van der Waals surface area contributed by atoms with Gasteiger partial charge in [-0.3, -0.25) is 0 Å². The minimum absolute atomic E-state index is 0.165. The van der Waals surface area contributed by atoms with E-state index in [0.717, 1.165) is 29.2 Å². The molecule has 0 bridgehead atoms. The van der Waals surface area contributed by atoms with Crippen LogP contribution in [0.4, 0.5) is 0 Å². The maximum atomic E-state index is 10.6. The smallest absolute Gasteiger partial charge is 0.328 e. The Bertz CT molecular complexity index is 699. The van der Waals surface area contributed by atoms with Crippen LogP contribution in [0.15, 0.2) is 61.2 Å². The molecule has 2 aromatic carbocycles. The molecule has 0 aromatic heterocycles. The summed E-state index contributed by atoms with van der Waals surface area (Å²) in [5, 5.41) is 18.7. The number of allylic oxidation sites excluding steroid dienone is 1. The number of hydrogen-bond acceptors (Lipinski definition) is 2. The molecule has 0 spiro atoms. The number of carboxylic acids is 1. The molecule has 0 heterocycles. The lowest BCUT2D eigenvalue weighted by atomic mass is 9.99. The molecule has 2 N–H and O–H groups in total. The van der Waals surface area contributed by atoms with E-state index in [4.69, 9.17) is 5.11 Å². The molecular formula is C18H16O3. The fourth-order valence-electron chi connectivity index (χ4n) is 2.09. The third-order valence-electron chi connectivity index (χ3n) is 3.06. The third-order valence-corrected chi connectivity index (χ3v) is 3.06. The van der Waals surface area contributed by atoms with Crippen LogP contribution in [0.3, 0.4) is 0 Å². The van der Waals surface area contributed by atoms with E-state index in [1.165, 1.54) is 6.08 Å². The van der Waals surface area contributed by atoms with Crippen molar-refractivity contribution in [3.05, 3.63) is 72.3 Å². The quantitative estimate of drug-likeness (QED) is 0.645. The summed E-state index contributed by atoms with van der Waals surface area (Å²) in [5.41, 5.74) is 3.39. The second-order valence-corrected chi connectivity index (χ2v) is 4.64. The van der Waals surface area contributed by atoms with E-state index in [2.05, 4.69) is 6.58 Å². The van der Waals surface area contributed by atoms with Crippen LogP contribution in [-0.2, 0) is 11.2 Å². The summed E-state index contributed by atoms with van der Waals surface area (Å²) in [4.78, 5) is 10.6. The van der Waals surface area contributed by atoms with Crippen molar-refractivity contribution >= 4 is 12.0 Å². The lowest BCUT2D eigenvalue weighted by Crippen LogP contribution is -1.87. The molecule has 2 rings (SSSR count). The van der Waals surface area contributed by atoms with Crippen molar-refractivity contribution in [2.45, 2.75) is 6.42 Å². The highest BCUT2D eigenvalue weighted by Gasteiger charge is 2.05. The second-order valence-electron chi connectivity index (χ2n) is 4.64. The lowest BCUT2D eigenvalue weighted by molar-refractivity contribution is -0.131. The van der Waals surface area contributed by atoms with Gasteiger partial charge in [0.05, 0.1) is 0 Å². The predicted molar refractivity (Wildman–Crippen MR) is 84.1 cm³/mol. The Kier molecular flexibility index (Phi) is 4.57. The summed E-state index contributed by atoms with van der Waals surface area (Å²) in [7, 11) is 0. The Hall–Kier alpha value is -2.81. The normalized spacial score (nSPS) is 10.7. The van der Waals surface area contributed by atoms with Crippen LogP contribution in [0.5, 0.6) is 5.75 Å². The van der Waals surface area contributed by atoms with Gasteiger partial charge in [-0.25, -0.2) is 4.79 Å². The SMILES string of the molecule is C=CCc1cccc(-c2cc(/C=C/C(=O)O)ccc2O)c1. The van der Waals surface area contributed by atoms with Crippen molar-refractivity contribution in [3.8, 4) is 16.9 Å². The van der Waals surface area contributed by atoms with Crippen molar-refractivity contribution in [2.75, 3.05) is 0 Å². The van der Waals surface area contributed by atoms with Crippen molar-refractivity contribution in [3.63, 3.8) is 0 Å². The highest BCUT2D eigenvalue weighted by Crippen LogP contribution is 2.31. The van der Waals surface area contributed by atoms with Crippen molar-refractivity contribution in [2.24, 2.45) is 0 Å². The molecule has 21 heavy (non-hydrogen) atoms. The maximum absolute atomic E-state index is 10.6. The van der Waals surface area contributed by atoms with Gasteiger partial charge in [-0.15, -0.1) is 6.58 Å². The zero-order chi connectivity index (χ0) is 15.2. The standard InChI is InChI=1S/C18H16O3/c1-2-4-13-5-3-6-15(11-13)16-12-14(7-9-17(16)19)8-10-18(20)21/h2-3,5-12,19H,1,4H2,(H,20,21)/b10-8+. The van der Waals surface area contributed by atoms with E-state index in [0.29, 0.717) is 5.56 Å². The first-order valence-corrected chi connectivity index (χ1v) is 6.54. The highest BCUT2D eigenvalue weighted by atomic mass is 16.4. The number of phenols is 1. The number of hydrogen-bond donors (Lipinski definition) is 2. The van der Waals surface area contributed by atoms with Gasteiger partial charge < -0.3 is 10.2 Å². The summed E-state index contributed by atoms with van der Waals surface area (Å²) >= 11 is 0. The summed E-state index contributed by atoms with van der Waals surface area (Å²) < 4.78 is 0. The van der Waals surface area contributed by atoms with Crippen LogP contribution in [0.2, 0.25) is 0 Å². The molecule has 2 aromatic rings. The Labute approximate surface area is 123 Å². The number of benzene rings is 2. The summed E-state index contributed by atoms with van der Waals surface area (Å²) in [5.74, 6) is -0.837. The highest BCUT2D eigenvalue weighted by molar-refractivity contribution is 5.86. The first kappa shape index (κ1) is 14.6. The van der Waals surface area contributed by atoms with Crippen LogP contribution in [0, 0.1) is 0 Å². The van der Waals surface area contributed by atoms with Crippen LogP contribution in [0.1, 0.15) is 11.1 Å². The second kappa shape index (κ2) is 6.57. The van der Waals surface area contributed by atoms with E-state index >= 15 is 0 Å². The fourth-order valence-corrected chi connectivity index (χ4v) is 2.09. The van der Waals surface area contributed by atoms with Crippen molar-refractivity contribution in [1.82, 2.24) is 0 Å². The number of carbonyl (C=O) groups is 1. The van der Waals surface area contributed by atoms with E-state index < -0.39 is 5.97 Å². The molecule has 0 amide bonds.